The van der Waals surface area contributed by atoms with Crippen molar-refractivity contribution >= 4 is 27.1 Å². The van der Waals surface area contributed by atoms with Gasteiger partial charge in [-0.05, 0) is 25.1 Å². The summed E-state index contributed by atoms with van der Waals surface area (Å²) >= 11 is 0. The second-order valence-corrected chi connectivity index (χ2v) is 8.49. The summed E-state index contributed by atoms with van der Waals surface area (Å²) in [6.07, 6.45) is -0.172. The Labute approximate surface area is 142 Å². The molecule has 2 fully saturated rings. The first kappa shape index (κ1) is 17.2. The fourth-order valence-electron chi connectivity index (χ4n) is 3.00. The Morgan fingerprint density at radius 1 is 1.33 bits per heavy atom. The first-order chi connectivity index (χ1) is 11.4. The zero-order chi connectivity index (χ0) is 17.2. The molecule has 0 radical (unpaired) electrons. The van der Waals surface area contributed by atoms with Gasteiger partial charge in [-0.15, -0.1) is 0 Å². The van der Waals surface area contributed by atoms with Crippen LogP contribution < -0.4 is 15.5 Å². The van der Waals surface area contributed by atoms with Crippen LogP contribution in [0.5, 0.6) is 0 Å². The van der Waals surface area contributed by atoms with Gasteiger partial charge < -0.3 is 20.3 Å². The van der Waals surface area contributed by atoms with Crippen molar-refractivity contribution in [3.63, 3.8) is 0 Å². The number of anilines is 2. The number of carbonyl (C=O) groups excluding carboxylic acids is 1. The molecule has 24 heavy (non-hydrogen) atoms. The molecule has 2 aliphatic rings. The molecule has 3 rings (SSSR count). The fourth-order valence-corrected chi connectivity index (χ4v) is 4.20. The van der Waals surface area contributed by atoms with Crippen molar-refractivity contribution in [1.82, 2.24) is 5.32 Å². The Balaban J connectivity index is 1.66. The fraction of sp³-hybridized carbons (Fsp3) is 0.562. The van der Waals surface area contributed by atoms with Crippen molar-refractivity contribution in [2.24, 2.45) is 0 Å². The van der Waals surface area contributed by atoms with Crippen LogP contribution in [0.4, 0.5) is 11.4 Å². The van der Waals surface area contributed by atoms with E-state index in [9.17, 15) is 13.2 Å². The third-order valence-corrected chi connectivity index (χ3v) is 6.03. The highest BCUT2D eigenvalue weighted by Crippen LogP contribution is 2.22. The van der Waals surface area contributed by atoms with Gasteiger partial charge >= 0.3 is 0 Å². The molecule has 132 valence electrons. The molecule has 0 unspecified atom stereocenters. The highest BCUT2D eigenvalue weighted by molar-refractivity contribution is 7.91. The summed E-state index contributed by atoms with van der Waals surface area (Å²) < 4.78 is 28.6. The molecule has 8 heteroatoms. The summed E-state index contributed by atoms with van der Waals surface area (Å²) in [6, 6.07) is 7.13. The van der Waals surface area contributed by atoms with Crippen molar-refractivity contribution in [3.05, 3.63) is 24.3 Å². The SMILES string of the molecule is C[C@H]1OCCN[C@@H]1C(=O)Nc1cccc(N2CCS(=O)(=O)CC2)c1. The number of nitrogens with one attached hydrogen (secondary N) is 2. The lowest BCUT2D eigenvalue weighted by Crippen LogP contribution is -2.53. The van der Waals surface area contributed by atoms with E-state index in [1.807, 2.05) is 36.1 Å². The number of benzene rings is 1. The molecular weight excluding hydrogens is 330 g/mol. The number of hydrogen-bond donors (Lipinski definition) is 2. The Hall–Kier alpha value is -1.64. The van der Waals surface area contributed by atoms with Gasteiger partial charge in [0, 0.05) is 31.0 Å². The molecular formula is C16H23N3O4S. The zero-order valence-electron chi connectivity index (χ0n) is 13.7. The minimum absolute atomic E-state index is 0.124. The summed E-state index contributed by atoms with van der Waals surface area (Å²) in [5.74, 6) is 0.218. The van der Waals surface area contributed by atoms with Crippen molar-refractivity contribution in [2.75, 3.05) is 48.0 Å². The molecule has 1 aromatic carbocycles. The molecule has 2 aliphatic heterocycles. The van der Waals surface area contributed by atoms with E-state index in [-0.39, 0.29) is 29.6 Å². The summed E-state index contributed by atoms with van der Waals surface area (Å²) in [5.41, 5.74) is 1.62. The quantitative estimate of drug-likeness (QED) is 0.809. The van der Waals surface area contributed by atoms with Crippen molar-refractivity contribution in [3.8, 4) is 0 Å². The summed E-state index contributed by atoms with van der Waals surface area (Å²) in [7, 11) is -2.91. The molecule has 0 aliphatic carbocycles. The maximum absolute atomic E-state index is 12.4. The van der Waals surface area contributed by atoms with Gasteiger partial charge in [0.1, 0.15) is 6.04 Å². The van der Waals surface area contributed by atoms with Crippen molar-refractivity contribution in [1.29, 1.82) is 0 Å². The van der Waals surface area contributed by atoms with E-state index in [0.29, 0.717) is 31.9 Å². The van der Waals surface area contributed by atoms with Crippen molar-refractivity contribution < 1.29 is 17.9 Å². The molecule has 7 nitrogen and oxygen atoms in total. The zero-order valence-corrected chi connectivity index (χ0v) is 14.5. The first-order valence-electron chi connectivity index (χ1n) is 8.16. The average molecular weight is 353 g/mol. The largest absolute Gasteiger partial charge is 0.375 e. The molecule has 1 aromatic rings. The lowest BCUT2D eigenvalue weighted by molar-refractivity contribution is -0.123. The Morgan fingerprint density at radius 3 is 2.79 bits per heavy atom. The molecule has 0 aromatic heterocycles. The summed E-state index contributed by atoms with van der Waals surface area (Å²) in [4.78, 5) is 14.4. The van der Waals surface area contributed by atoms with Gasteiger partial charge in [-0.2, -0.15) is 0 Å². The molecule has 2 atom stereocenters. The predicted octanol–water partition coefficient (Wildman–Crippen LogP) is 0.237. The number of amides is 1. The lowest BCUT2D eigenvalue weighted by atomic mass is 10.1. The Kier molecular flexibility index (Phi) is 5.07. The van der Waals surface area contributed by atoms with E-state index in [2.05, 4.69) is 10.6 Å². The van der Waals surface area contributed by atoms with Crippen LogP contribution in [-0.4, -0.2) is 64.2 Å². The van der Waals surface area contributed by atoms with E-state index in [1.54, 1.807) is 0 Å². The van der Waals surface area contributed by atoms with Gasteiger partial charge in [0.25, 0.3) is 0 Å². The number of hydrogen-bond acceptors (Lipinski definition) is 6. The molecule has 0 saturated carbocycles. The molecule has 1 amide bonds. The highest BCUT2D eigenvalue weighted by atomic mass is 32.2. The molecule has 2 saturated heterocycles. The minimum atomic E-state index is -2.91. The third kappa shape index (κ3) is 4.06. The van der Waals surface area contributed by atoms with Gasteiger partial charge in [-0.3, -0.25) is 4.79 Å². The predicted molar refractivity (Wildman–Crippen MR) is 93.1 cm³/mol. The number of nitrogens with zero attached hydrogens (tertiary/aromatic N) is 1. The van der Waals surface area contributed by atoms with Gasteiger partial charge in [-0.1, -0.05) is 6.07 Å². The molecule has 0 bridgehead atoms. The van der Waals surface area contributed by atoms with E-state index >= 15 is 0 Å². The number of sulfone groups is 1. The smallest absolute Gasteiger partial charge is 0.244 e. The van der Waals surface area contributed by atoms with Crippen LogP contribution in [0.15, 0.2) is 24.3 Å². The van der Waals surface area contributed by atoms with Gasteiger partial charge in [0.15, 0.2) is 9.84 Å². The summed E-state index contributed by atoms with van der Waals surface area (Å²) in [5, 5.41) is 6.07. The van der Waals surface area contributed by atoms with Gasteiger partial charge in [-0.25, -0.2) is 8.42 Å². The second-order valence-electron chi connectivity index (χ2n) is 6.19. The van der Waals surface area contributed by atoms with Crippen LogP contribution in [0.3, 0.4) is 0 Å². The van der Waals surface area contributed by atoms with E-state index in [0.717, 1.165) is 5.69 Å². The number of rotatable bonds is 3. The maximum Gasteiger partial charge on any atom is 0.244 e. The van der Waals surface area contributed by atoms with E-state index in [4.69, 9.17) is 4.74 Å². The van der Waals surface area contributed by atoms with Crippen LogP contribution in [-0.2, 0) is 19.4 Å². The average Bonchev–Trinajstić information content (AvgIpc) is 2.55. The van der Waals surface area contributed by atoms with Gasteiger partial charge in [0.2, 0.25) is 5.91 Å². The normalized spacial score (nSPS) is 26.8. The van der Waals surface area contributed by atoms with Crippen LogP contribution in [0, 0.1) is 0 Å². The minimum Gasteiger partial charge on any atom is -0.375 e. The monoisotopic (exact) mass is 353 g/mol. The third-order valence-electron chi connectivity index (χ3n) is 4.42. The standard InChI is InChI=1S/C16H23N3O4S/c1-12-15(17-5-8-23-12)16(20)18-13-3-2-4-14(11-13)19-6-9-24(21,22)10-7-19/h2-4,11-12,15,17H,5-10H2,1H3,(H,18,20)/t12-,15+/m1/s1. The Bertz CT molecular complexity index is 693. The van der Waals surface area contributed by atoms with E-state index in [1.165, 1.54) is 0 Å². The number of carbonyl (C=O) groups is 1. The number of ether oxygens (including phenoxy) is 1. The van der Waals surface area contributed by atoms with Crippen LogP contribution in [0.2, 0.25) is 0 Å². The topological polar surface area (TPSA) is 87.7 Å². The number of morpholine rings is 1. The summed E-state index contributed by atoms with van der Waals surface area (Å²) in [6.45, 7) is 4.10. The maximum atomic E-state index is 12.4. The molecule has 2 N–H and O–H groups in total. The van der Waals surface area contributed by atoms with Crippen molar-refractivity contribution in [2.45, 2.75) is 19.1 Å². The highest BCUT2D eigenvalue weighted by Gasteiger charge is 2.28. The second kappa shape index (κ2) is 7.08. The molecule has 2 heterocycles. The lowest BCUT2D eigenvalue weighted by Gasteiger charge is -2.30. The van der Waals surface area contributed by atoms with E-state index < -0.39 is 9.84 Å². The van der Waals surface area contributed by atoms with Crippen LogP contribution >= 0.6 is 0 Å². The van der Waals surface area contributed by atoms with Crippen LogP contribution in [0.1, 0.15) is 6.92 Å². The molecule has 0 spiro atoms. The van der Waals surface area contributed by atoms with Gasteiger partial charge in [0.05, 0.1) is 24.2 Å². The first-order valence-corrected chi connectivity index (χ1v) is 9.98. The van der Waals surface area contributed by atoms with Crippen LogP contribution in [0.25, 0.3) is 0 Å². The Morgan fingerprint density at radius 2 is 2.08 bits per heavy atom.